The maximum atomic E-state index is 5.35. The average Bonchev–Trinajstić information content (AvgIpc) is 2.15. The molecular formula is C9H11BrN2O. The minimum absolute atomic E-state index is 0.510. The molecule has 1 heterocycles. The molecule has 3 nitrogen and oxygen atoms in total. The summed E-state index contributed by atoms with van der Waals surface area (Å²) in [5.41, 5.74) is 6.27. The smallest absolute Gasteiger partial charge is 0.220 e. The van der Waals surface area contributed by atoms with E-state index in [9.17, 15) is 0 Å². The predicted molar refractivity (Wildman–Crippen MR) is 56.6 cm³/mol. The number of hydrogen-bond acceptors (Lipinski definition) is 3. The Morgan fingerprint density at radius 1 is 1.69 bits per heavy atom. The third-order valence-corrected chi connectivity index (χ3v) is 1.91. The Labute approximate surface area is 85.7 Å². The van der Waals surface area contributed by atoms with Crippen LogP contribution in [0.2, 0.25) is 0 Å². The second-order valence-electron chi connectivity index (χ2n) is 2.39. The Balaban J connectivity index is 3.01. The summed E-state index contributed by atoms with van der Waals surface area (Å²) >= 11 is 3.33. The van der Waals surface area contributed by atoms with E-state index in [0.29, 0.717) is 12.4 Å². The number of ether oxygens (including phenoxy) is 1. The molecule has 1 aromatic heterocycles. The van der Waals surface area contributed by atoms with E-state index in [2.05, 4.69) is 20.9 Å². The molecule has 0 unspecified atom stereocenters. The van der Waals surface area contributed by atoms with E-state index in [1.165, 1.54) is 0 Å². The molecule has 0 aliphatic carbocycles. The van der Waals surface area contributed by atoms with Crippen molar-refractivity contribution in [3.05, 3.63) is 28.4 Å². The van der Waals surface area contributed by atoms with Crippen LogP contribution in [-0.4, -0.2) is 18.6 Å². The highest BCUT2D eigenvalue weighted by Gasteiger charge is 2.00. The molecule has 0 aliphatic rings. The zero-order valence-corrected chi connectivity index (χ0v) is 8.91. The molecule has 1 aromatic rings. The lowest BCUT2D eigenvalue weighted by Crippen LogP contribution is -1.94. The lowest BCUT2D eigenvalue weighted by atomic mass is 10.2. The van der Waals surface area contributed by atoms with Gasteiger partial charge in [-0.05, 0) is 22.0 Å². The fourth-order valence-corrected chi connectivity index (χ4v) is 1.28. The van der Waals surface area contributed by atoms with Crippen LogP contribution in [-0.2, 0) is 0 Å². The number of hydrogen-bond donors (Lipinski definition) is 1. The van der Waals surface area contributed by atoms with Gasteiger partial charge in [-0.1, -0.05) is 12.2 Å². The molecule has 0 radical (unpaired) electrons. The van der Waals surface area contributed by atoms with E-state index in [-0.39, 0.29) is 0 Å². The fourth-order valence-electron chi connectivity index (χ4n) is 0.927. The quantitative estimate of drug-likeness (QED) is 0.880. The number of halogens is 1. The van der Waals surface area contributed by atoms with E-state index < -0.39 is 0 Å². The molecule has 0 spiro atoms. The summed E-state index contributed by atoms with van der Waals surface area (Å²) in [5, 5.41) is 0. The van der Waals surface area contributed by atoms with Gasteiger partial charge in [-0.2, -0.15) is 0 Å². The minimum atomic E-state index is 0.510. The molecular weight excluding hydrogens is 232 g/mol. The molecule has 0 fully saturated rings. The standard InChI is InChI=1S/C9H11BrN2O/c1-13-9-7(3-2-4-11)5-8(10)6-12-9/h2-3,5-6H,4,11H2,1H3/b3-2+. The van der Waals surface area contributed by atoms with E-state index in [0.717, 1.165) is 10.0 Å². The van der Waals surface area contributed by atoms with Gasteiger partial charge in [0.25, 0.3) is 0 Å². The second-order valence-corrected chi connectivity index (χ2v) is 3.31. The summed E-state index contributed by atoms with van der Waals surface area (Å²) < 4.78 is 5.99. The van der Waals surface area contributed by atoms with Gasteiger partial charge in [-0.15, -0.1) is 0 Å². The molecule has 4 heteroatoms. The topological polar surface area (TPSA) is 48.1 Å². The molecule has 0 aromatic carbocycles. The maximum absolute atomic E-state index is 5.35. The van der Waals surface area contributed by atoms with Crippen LogP contribution in [0.1, 0.15) is 5.56 Å². The number of nitrogens with zero attached hydrogens (tertiary/aromatic N) is 1. The van der Waals surface area contributed by atoms with Gasteiger partial charge in [-0.3, -0.25) is 0 Å². The first-order chi connectivity index (χ1) is 6.27. The van der Waals surface area contributed by atoms with Crippen molar-refractivity contribution < 1.29 is 4.74 Å². The van der Waals surface area contributed by atoms with Gasteiger partial charge in [0.15, 0.2) is 0 Å². The molecule has 13 heavy (non-hydrogen) atoms. The van der Waals surface area contributed by atoms with Crippen molar-refractivity contribution in [2.45, 2.75) is 0 Å². The summed E-state index contributed by atoms with van der Waals surface area (Å²) in [6.45, 7) is 0.510. The van der Waals surface area contributed by atoms with E-state index >= 15 is 0 Å². The van der Waals surface area contributed by atoms with Crippen molar-refractivity contribution in [1.29, 1.82) is 0 Å². The number of nitrogens with two attached hydrogens (primary N) is 1. The fraction of sp³-hybridized carbons (Fsp3) is 0.222. The maximum Gasteiger partial charge on any atom is 0.220 e. The van der Waals surface area contributed by atoms with Crippen LogP contribution in [0.4, 0.5) is 0 Å². The van der Waals surface area contributed by atoms with Crippen LogP contribution in [0.25, 0.3) is 6.08 Å². The van der Waals surface area contributed by atoms with Crippen LogP contribution in [0.15, 0.2) is 22.8 Å². The molecule has 0 saturated carbocycles. The van der Waals surface area contributed by atoms with E-state index in [1.54, 1.807) is 13.3 Å². The van der Waals surface area contributed by atoms with Gasteiger partial charge in [0, 0.05) is 22.8 Å². The summed E-state index contributed by atoms with van der Waals surface area (Å²) in [5.74, 6) is 0.605. The zero-order valence-electron chi connectivity index (χ0n) is 7.33. The summed E-state index contributed by atoms with van der Waals surface area (Å²) in [6.07, 6.45) is 5.43. The van der Waals surface area contributed by atoms with Crippen LogP contribution in [0, 0.1) is 0 Å². The van der Waals surface area contributed by atoms with Crippen molar-refractivity contribution in [1.82, 2.24) is 4.98 Å². The van der Waals surface area contributed by atoms with Crippen molar-refractivity contribution in [3.63, 3.8) is 0 Å². The van der Waals surface area contributed by atoms with E-state index in [1.807, 2.05) is 18.2 Å². The highest BCUT2D eigenvalue weighted by molar-refractivity contribution is 9.10. The highest BCUT2D eigenvalue weighted by Crippen LogP contribution is 2.20. The van der Waals surface area contributed by atoms with Crippen molar-refractivity contribution in [3.8, 4) is 5.88 Å². The summed E-state index contributed by atoms with van der Waals surface area (Å²) in [6, 6.07) is 1.93. The number of rotatable bonds is 3. The van der Waals surface area contributed by atoms with Crippen molar-refractivity contribution >= 4 is 22.0 Å². The Kier molecular flexibility index (Phi) is 3.92. The Bertz CT molecular complexity index is 312. The lowest BCUT2D eigenvalue weighted by Gasteiger charge is -2.02. The van der Waals surface area contributed by atoms with Crippen LogP contribution < -0.4 is 10.5 Å². The molecule has 70 valence electrons. The molecule has 0 aliphatic heterocycles. The van der Waals surface area contributed by atoms with Gasteiger partial charge in [0.1, 0.15) is 0 Å². The largest absolute Gasteiger partial charge is 0.481 e. The minimum Gasteiger partial charge on any atom is -0.481 e. The van der Waals surface area contributed by atoms with Gasteiger partial charge in [-0.25, -0.2) is 4.98 Å². The Morgan fingerprint density at radius 2 is 2.46 bits per heavy atom. The molecule has 0 saturated heterocycles. The molecule has 0 atom stereocenters. The lowest BCUT2D eigenvalue weighted by molar-refractivity contribution is 0.396. The molecule has 0 amide bonds. The van der Waals surface area contributed by atoms with Crippen molar-refractivity contribution in [2.75, 3.05) is 13.7 Å². The zero-order chi connectivity index (χ0) is 9.68. The number of methoxy groups -OCH3 is 1. The molecule has 2 N–H and O–H groups in total. The predicted octanol–water partition coefficient (Wildman–Crippen LogP) is 1.82. The van der Waals surface area contributed by atoms with Crippen LogP contribution in [0.5, 0.6) is 5.88 Å². The Morgan fingerprint density at radius 3 is 3.08 bits per heavy atom. The third kappa shape index (κ3) is 2.82. The first kappa shape index (κ1) is 10.2. The van der Waals surface area contributed by atoms with Gasteiger partial charge in [0.2, 0.25) is 5.88 Å². The first-order valence-electron chi connectivity index (χ1n) is 3.84. The van der Waals surface area contributed by atoms with Crippen LogP contribution >= 0.6 is 15.9 Å². The van der Waals surface area contributed by atoms with Gasteiger partial charge in [0.05, 0.1) is 7.11 Å². The normalized spacial score (nSPS) is 10.7. The number of pyridine rings is 1. The first-order valence-corrected chi connectivity index (χ1v) is 4.63. The van der Waals surface area contributed by atoms with Gasteiger partial charge >= 0.3 is 0 Å². The Hall–Kier alpha value is -0.870. The number of aromatic nitrogens is 1. The second kappa shape index (κ2) is 4.99. The summed E-state index contributed by atoms with van der Waals surface area (Å²) in [7, 11) is 1.59. The molecule has 1 rings (SSSR count). The van der Waals surface area contributed by atoms with E-state index in [4.69, 9.17) is 10.5 Å². The monoisotopic (exact) mass is 242 g/mol. The van der Waals surface area contributed by atoms with Gasteiger partial charge < -0.3 is 10.5 Å². The van der Waals surface area contributed by atoms with Crippen molar-refractivity contribution in [2.24, 2.45) is 5.73 Å². The SMILES string of the molecule is COc1ncc(Br)cc1/C=C/CN. The average molecular weight is 243 g/mol. The molecule has 0 bridgehead atoms. The third-order valence-electron chi connectivity index (χ3n) is 1.47. The van der Waals surface area contributed by atoms with Crippen LogP contribution in [0.3, 0.4) is 0 Å². The highest BCUT2D eigenvalue weighted by atomic mass is 79.9. The summed E-state index contributed by atoms with van der Waals surface area (Å²) in [4.78, 5) is 4.09.